The fraction of sp³-hybridized carbons (Fsp3) is 0.438. The van der Waals surface area contributed by atoms with Crippen LogP contribution in [0.3, 0.4) is 0 Å². The summed E-state index contributed by atoms with van der Waals surface area (Å²) in [7, 11) is 0. The van der Waals surface area contributed by atoms with Crippen molar-refractivity contribution in [2.75, 3.05) is 39.6 Å². The molecule has 0 radical (unpaired) electrons. The number of unbranched alkanes of at least 4 members (excludes halogenated alkanes) is 4. The van der Waals surface area contributed by atoms with E-state index in [1.54, 1.807) is 12.1 Å². The molecule has 0 heterocycles. The molecule has 13 heteroatoms. The van der Waals surface area contributed by atoms with Crippen LogP contribution in [0, 0.1) is 0 Å². The molecule has 2 aromatic rings. The molecule has 0 amide bonds. The Morgan fingerprint density at radius 3 is 1.20 bits per heavy atom. The highest BCUT2D eigenvalue weighted by atomic mass is 16.6. The largest absolute Gasteiger partial charge is 0.478 e. The molecule has 0 saturated carbocycles. The van der Waals surface area contributed by atoms with Gasteiger partial charge in [-0.1, -0.05) is 24.3 Å². The van der Waals surface area contributed by atoms with E-state index in [0.29, 0.717) is 38.5 Å². The van der Waals surface area contributed by atoms with Crippen molar-refractivity contribution >= 4 is 35.8 Å². The van der Waals surface area contributed by atoms with Crippen molar-refractivity contribution in [1.82, 2.24) is 0 Å². The van der Waals surface area contributed by atoms with Gasteiger partial charge in [0.25, 0.3) is 0 Å². The number of carboxylic acids is 2. The molecule has 0 aliphatic heterocycles. The predicted octanol–water partition coefficient (Wildman–Crippen LogP) is 4.32. The number of aromatic carboxylic acids is 2. The highest BCUT2D eigenvalue weighted by Gasteiger charge is 2.18. The molecule has 0 aliphatic rings. The minimum atomic E-state index is -1.21. The zero-order chi connectivity index (χ0) is 32.9. The zero-order valence-electron chi connectivity index (χ0n) is 24.9. The Morgan fingerprint density at radius 1 is 0.444 bits per heavy atom. The van der Waals surface area contributed by atoms with E-state index in [2.05, 4.69) is 0 Å². The monoisotopic (exact) mass is 630 g/mol. The lowest BCUT2D eigenvalue weighted by Crippen LogP contribution is -2.14. The normalized spacial score (nSPS) is 10.5. The lowest BCUT2D eigenvalue weighted by Gasteiger charge is -2.08. The smallest absolute Gasteiger partial charge is 0.339 e. The molecule has 13 nitrogen and oxygen atoms in total. The number of hydrogen-bond donors (Lipinski definition) is 2. The van der Waals surface area contributed by atoms with Crippen LogP contribution in [0.25, 0.3) is 0 Å². The maximum atomic E-state index is 12.1. The van der Waals surface area contributed by atoms with E-state index < -0.39 is 35.8 Å². The van der Waals surface area contributed by atoms with Gasteiger partial charge in [0.2, 0.25) is 0 Å². The average molecular weight is 631 g/mol. The molecule has 0 bridgehead atoms. The predicted molar refractivity (Wildman–Crippen MR) is 157 cm³/mol. The van der Waals surface area contributed by atoms with Gasteiger partial charge in [0.05, 0.1) is 48.7 Å². The molecule has 45 heavy (non-hydrogen) atoms. The maximum Gasteiger partial charge on any atom is 0.339 e. The third kappa shape index (κ3) is 14.5. The molecule has 0 spiro atoms. The van der Waals surface area contributed by atoms with Crippen molar-refractivity contribution in [3.8, 4) is 0 Å². The molecule has 0 atom stereocenters. The van der Waals surface area contributed by atoms with Crippen molar-refractivity contribution in [3.63, 3.8) is 0 Å². The lowest BCUT2D eigenvalue weighted by molar-refractivity contribution is -0.146. The van der Waals surface area contributed by atoms with Crippen molar-refractivity contribution in [2.24, 2.45) is 0 Å². The van der Waals surface area contributed by atoms with Gasteiger partial charge in [0, 0.05) is 12.8 Å². The minimum absolute atomic E-state index is 0.0104. The van der Waals surface area contributed by atoms with Crippen molar-refractivity contribution in [3.05, 3.63) is 70.8 Å². The van der Waals surface area contributed by atoms with Crippen LogP contribution in [-0.2, 0) is 33.3 Å². The molecule has 2 N–H and O–H groups in total. The molecule has 0 aliphatic carbocycles. The molecule has 0 saturated heterocycles. The van der Waals surface area contributed by atoms with Crippen LogP contribution in [0.5, 0.6) is 0 Å². The number of carbonyl (C=O) groups excluding carboxylic acids is 4. The first-order valence-electron chi connectivity index (χ1n) is 14.6. The first-order chi connectivity index (χ1) is 21.7. The number of esters is 4. The summed E-state index contributed by atoms with van der Waals surface area (Å²) in [6.07, 6.45) is 3.69. The second-order valence-corrected chi connectivity index (χ2v) is 9.65. The van der Waals surface area contributed by atoms with Gasteiger partial charge in [-0.2, -0.15) is 0 Å². The summed E-state index contributed by atoms with van der Waals surface area (Å²) in [4.78, 5) is 70.2. The number of rotatable bonds is 22. The second kappa shape index (κ2) is 21.0. The molecule has 0 aromatic heterocycles. The second-order valence-electron chi connectivity index (χ2n) is 9.65. The number of benzene rings is 2. The minimum Gasteiger partial charge on any atom is -0.478 e. The first-order valence-corrected chi connectivity index (χ1v) is 14.6. The van der Waals surface area contributed by atoms with Gasteiger partial charge in [-0.25, -0.2) is 19.2 Å². The summed E-state index contributed by atoms with van der Waals surface area (Å²) in [5, 5.41) is 18.3. The van der Waals surface area contributed by atoms with Gasteiger partial charge in [0.1, 0.15) is 13.2 Å². The number of carboxylic acid groups (broad SMARTS) is 2. The van der Waals surface area contributed by atoms with E-state index in [4.69, 9.17) is 33.9 Å². The standard InChI is InChI=1S/C32H38O13/c33-27(15-3-1-9-17-44-31(39)25-13-7-5-11-23(25)29(35)36)42-21-19-41-20-22-43-28(34)16-4-2-10-18-45-32(40)26-14-8-6-12-24(26)30(37)38/h5-8,11-14H,1-4,9-10,15-22H2,(H,35,36)(H,37,38). The lowest BCUT2D eigenvalue weighted by atomic mass is 10.1. The Labute approximate surface area is 260 Å². The fourth-order valence-electron chi connectivity index (χ4n) is 3.95. The van der Waals surface area contributed by atoms with Crippen molar-refractivity contribution < 1.29 is 62.7 Å². The van der Waals surface area contributed by atoms with Crippen LogP contribution in [0.2, 0.25) is 0 Å². The summed E-state index contributed by atoms with van der Waals surface area (Å²) < 4.78 is 25.7. The Bertz CT molecular complexity index is 1190. The molecule has 2 aromatic carbocycles. The van der Waals surface area contributed by atoms with Gasteiger partial charge in [-0.15, -0.1) is 0 Å². The van der Waals surface area contributed by atoms with Crippen molar-refractivity contribution in [2.45, 2.75) is 51.4 Å². The third-order valence-electron chi connectivity index (χ3n) is 6.25. The van der Waals surface area contributed by atoms with E-state index >= 15 is 0 Å². The highest BCUT2D eigenvalue weighted by molar-refractivity contribution is 6.03. The summed E-state index contributed by atoms with van der Waals surface area (Å²) in [5.41, 5.74) is -0.266. The van der Waals surface area contributed by atoms with Crippen LogP contribution < -0.4 is 0 Å². The Kier molecular flexibility index (Phi) is 17.0. The maximum absolute atomic E-state index is 12.1. The molecular weight excluding hydrogens is 592 g/mol. The highest BCUT2D eigenvalue weighted by Crippen LogP contribution is 2.13. The summed E-state index contributed by atoms with van der Waals surface area (Å²) in [6.45, 7) is 0.606. The van der Waals surface area contributed by atoms with Crippen LogP contribution in [-0.4, -0.2) is 85.7 Å². The van der Waals surface area contributed by atoms with E-state index in [9.17, 15) is 28.8 Å². The van der Waals surface area contributed by atoms with Gasteiger partial charge in [-0.3, -0.25) is 9.59 Å². The van der Waals surface area contributed by atoms with Crippen LogP contribution >= 0.6 is 0 Å². The third-order valence-corrected chi connectivity index (χ3v) is 6.25. The Morgan fingerprint density at radius 2 is 0.822 bits per heavy atom. The summed E-state index contributed by atoms with van der Waals surface area (Å²) in [5.74, 6) is -4.62. The van der Waals surface area contributed by atoms with Gasteiger partial charge in [-0.05, 0) is 62.8 Å². The van der Waals surface area contributed by atoms with E-state index in [0.717, 1.165) is 0 Å². The van der Waals surface area contributed by atoms with Crippen LogP contribution in [0.1, 0.15) is 92.8 Å². The van der Waals surface area contributed by atoms with E-state index in [-0.39, 0.29) is 74.7 Å². The quantitative estimate of drug-likeness (QED) is 0.106. The van der Waals surface area contributed by atoms with Crippen molar-refractivity contribution in [1.29, 1.82) is 0 Å². The van der Waals surface area contributed by atoms with E-state index in [1.807, 2.05) is 0 Å². The molecule has 244 valence electrons. The first kappa shape index (κ1) is 36.4. The average Bonchev–Trinajstić information content (AvgIpc) is 3.03. The number of hydrogen-bond acceptors (Lipinski definition) is 11. The van der Waals surface area contributed by atoms with Gasteiger partial charge in [0.15, 0.2) is 0 Å². The SMILES string of the molecule is O=C(CCCCCOC(=O)c1ccccc1C(=O)O)OCCOCCOC(=O)CCCCCOC(=O)c1ccccc1C(=O)O. The fourth-order valence-corrected chi connectivity index (χ4v) is 3.95. The molecule has 0 unspecified atom stereocenters. The summed E-state index contributed by atoms with van der Waals surface area (Å²) in [6, 6.07) is 11.6. The van der Waals surface area contributed by atoms with Gasteiger partial charge < -0.3 is 33.9 Å². The molecule has 0 fully saturated rings. The molecular formula is C32H38O13. The van der Waals surface area contributed by atoms with Gasteiger partial charge >= 0.3 is 35.8 Å². The topological polar surface area (TPSA) is 189 Å². The van der Waals surface area contributed by atoms with E-state index in [1.165, 1.54) is 36.4 Å². The zero-order valence-corrected chi connectivity index (χ0v) is 24.9. The Balaban J connectivity index is 1.39. The van der Waals surface area contributed by atoms with Crippen LogP contribution in [0.15, 0.2) is 48.5 Å². The van der Waals surface area contributed by atoms with Crippen LogP contribution in [0.4, 0.5) is 0 Å². The number of ether oxygens (including phenoxy) is 5. The summed E-state index contributed by atoms with van der Waals surface area (Å²) >= 11 is 0. The molecule has 2 rings (SSSR count). The number of carbonyl (C=O) groups is 6. The Hall–Kier alpha value is -4.78.